The predicted octanol–water partition coefficient (Wildman–Crippen LogP) is 3.32. The second kappa shape index (κ2) is 10.1. The van der Waals surface area contributed by atoms with Crippen LogP contribution in [0.25, 0.3) is 0 Å². The number of hydrogen-bond donors (Lipinski definition) is 2. The first-order valence-corrected chi connectivity index (χ1v) is 9.38. The lowest BCUT2D eigenvalue weighted by Gasteiger charge is -2.18. The average Bonchev–Trinajstić information content (AvgIpc) is 2.86. The number of aryl methyl sites for hydroxylation is 2. The van der Waals surface area contributed by atoms with Crippen molar-refractivity contribution in [3.8, 4) is 5.75 Å². The van der Waals surface area contributed by atoms with Gasteiger partial charge in [-0.15, -0.1) is 0 Å². The number of aromatic nitrogens is 2. The zero-order valence-electron chi connectivity index (χ0n) is 17.1. The van der Waals surface area contributed by atoms with Gasteiger partial charge in [-0.1, -0.05) is 18.2 Å². The summed E-state index contributed by atoms with van der Waals surface area (Å²) in [6.07, 6.45) is 0.807. The third-order valence-corrected chi connectivity index (χ3v) is 4.49. The Morgan fingerprint density at radius 3 is 2.61 bits per heavy atom. The number of nitrogens with zero attached hydrogens (tertiary/aromatic N) is 3. The lowest BCUT2D eigenvalue weighted by molar-refractivity contribution is -0.0504. The van der Waals surface area contributed by atoms with E-state index < -0.39 is 6.61 Å². The molecule has 0 aliphatic rings. The number of para-hydroxylation sites is 1. The lowest BCUT2D eigenvalue weighted by atomic mass is 10.1. The van der Waals surface area contributed by atoms with Crippen LogP contribution in [0.15, 0.2) is 29.3 Å². The van der Waals surface area contributed by atoms with Gasteiger partial charge in [0.15, 0.2) is 5.96 Å². The van der Waals surface area contributed by atoms with Crippen molar-refractivity contribution in [2.24, 2.45) is 12.0 Å². The van der Waals surface area contributed by atoms with Crippen LogP contribution in [0, 0.1) is 13.8 Å². The Morgan fingerprint density at radius 2 is 2.00 bits per heavy atom. The smallest absolute Gasteiger partial charge is 0.387 e. The molecule has 1 aromatic carbocycles. The molecule has 1 atom stereocenters. The number of rotatable bonds is 8. The largest absolute Gasteiger partial charge is 0.434 e. The Hall–Kier alpha value is -2.64. The average molecular weight is 393 g/mol. The molecule has 0 bridgehead atoms. The van der Waals surface area contributed by atoms with Gasteiger partial charge >= 0.3 is 6.61 Å². The number of alkyl halides is 2. The molecule has 2 rings (SSSR count). The van der Waals surface area contributed by atoms with E-state index in [1.165, 1.54) is 11.6 Å². The van der Waals surface area contributed by atoms with Crippen LogP contribution < -0.4 is 15.4 Å². The van der Waals surface area contributed by atoms with E-state index in [9.17, 15) is 8.78 Å². The molecule has 0 aliphatic carbocycles. The maximum absolute atomic E-state index is 12.6. The molecule has 0 saturated heterocycles. The van der Waals surface area contributed by atoms with Crippen LogP contribution in [0.3, 0.4) is 0 Å². The molecular formula is C20H29F2N5O. The topological polar surface area (TPSA) is 63.5 Å². The van der Waals surface area contributed by atoms with Crippen molar-refractivity contribution in [1.82, 2.24) is 20.4 Å². The highest BCUT2D eigenvalue weighted by Gasteiger charge is 2.14. The van der Waals surface area contributed by atoms with E-state index in [4.69, 9.17) is 0 Å². The molecule has 0 fully saturated rings. The minimum atomic E-state index is -2.86. The summed E-state index contributed by atoms with van der Waals surface area (Å²) in [6.45, 7) is 6.18. The molecular weight excluding hydrogens is 364 g/mol. The third kappa shape index (κ3) is 5.94. The number of guanidine groups is 1. The summed E-state index contributed by atoms with van der Waals surface area (Å²) in [5.41, 5.74) is 3.99. The van der Waals surface area contributed by atoms with E-state index in [-0.39, 0.29) is 18.3 Å². The number of benzene rings is 1. The Balaban J connectivity index is 2.08. The molecule has 0 saturated carbocycles. The first-order valence-electron chi connectivity index (χ1n) is 9.38. The molecule has 0 radical (unpaired) electrons. The van der Waals surface area contributed by atoms with E-state index in [0.717, 1.165) is 17.8 Å². The fraction of sp³-hybridized carbons (Fsp3) is 0.500. The minimum Gasteiger partial charge on any atom is -0.434 e. The van der Waals surface area contributed by atoms with Gasteiger partial charge in [0.05, 0.1) is 12.2 Å². The van der Waals surface area contributed by atoms with E-state index in [2.05, 4.69) is 39.3 Å². The summed E-state index contributed by atoms with van der Waals surface area (Å²) in [5, 5.41) is 11.0. The predicted molar refractivity (Wildman–Crippen MR) is 107 cm³/mol. The molecule has 1 heterocycles. The van der Waals surface area contributed by atoms with Gasteiger partial charge in [0.2, 0.25) is 0 Å². The van der Waals surface area contributed by atoms with Crippen molar-refractivity contribution < 1.29 is 13.5 Å². The van der Waals surface area contributed by atoms with Gasteiger partial charge in [-0.25, -0.2) is 4.99 Å². The summed E-state index contributed by atoms with van der Waals surface area (Å²) in [7, 11) is 1.94. The molecule has 0 aliphatic heterocycles. The van der Waals surface area contributed by atoms with Crippen LogP contribution in [-0.2, 0) is 20.0 Å². The SMILES string of the molecule is CCNC(=NCc1ccccc1OC(F)F)NC(C)Cc1c(C)nn(C)c1C. The molecule has 1 aromatic heterocycles. The Labute approximate surface area is 165 Å². The first kappa shape index (κ1) is 21.7. The lowest BCUT2D eigenvalue weighted by Crippen LogP contribution is -2.43. The van der Waals surface area contributed by atoms with Crippen molar-refractivity contribution in [2.75, 3.05) is 6.54 Å². The molecule has 0 amide bonds. The van der Waals surface area contributed by atoms with E-state index >= 15 is 0 Å². The van der Waals surface area contributed by atoms with Crippen LogP contribution in [0.5, 0.6) is 5.75 Å². The van der Waals surface area contributed by atoms with Gasteiger partial charge in [-0.05, 0) is 45.7 Å². The Kier molecular flexibility index (Phi) is 7.78. The van der Waals surface area contributed by atoms with Gasteiger partial charge in [0, 0.05) is 30.9 Å². The van der Waals surface area contributed by atoms with Crippen molar-refractivity contribution in [3.63, 3.8) is 0 Å². The van der Waals surface area contributed by atoms with Gasteiger partial charge in [0.1, 0.15) is 5.75 Å². The number of nitrogens with one attached hydrogen (secondary N) is 2. The van der Waals surface area contributed by atoms with Crippen LogP contribution in [-0.4, -0.2) is 34.9 Å². The van der Waals surface area contributed by atoms with Crippen LogP contribution in [0.4, 0.5) is 8.78 Å². The van der Waals surface area contributed by atoms with Crippen molar-refractivity contribution in [2.45, 2.75) is 53.3 Å². The summed E-state index contributed by atoms with van der Waals surface area (Å²) in [6, 6.07) is 6.81. The summed E-state index contributed by atoms with van der Waals surface area (Å²) in [5.74, 6) is 0.771. The molecule has 6 nitrogen and oxygen atoms in total. The zero-order chi connectivity index (χ0) is 20.7. The summed E-state index contributed by atoms with van der Waals surface area (Å²) in [4.78, 5) is 4.53. The molecule has 154 valence electrons. The molecule has 0 spiro atoms. The number of ether oxygens (including phenoxy) is 1. The molecule has 2 aromatic rings. The monoisotopic (exact) mass is 393 g/mol. The van der Waals surface area contributed by atoms with Gasteiger partial charge < -0.3 is 15.4 Å². The van der Waals surface area contributed by atoms with Crippen LogP contribution in [0.1, 0.15) is 36.4 Å². The van der Waals surface area contributed by atoms with Crippen LogP contribution in [0.2, 0.25) is 0 Å². The second-order valence-corrected chi connectivity index (χ2v) is 6.70. The van der Waals surface area contributed by atoms with Crippen LogP contribution >= 0.6 is 0 Å². The fourth-order valence-electron chi connectivity index (χ4n) is 3.03. The highest BCUT2D eigenvalue weighted by Crippen LogP contribution is 2.21. The second-order valence-electron chi connectivity index (χ2n) is 6.70. The minimum absolute atomic E-state index is 0.118. The fourth-order valence-corrected chi connectivity index (χ4v) is 3.03. The standard InChI is InChI=1S/C20H29F2N5O/c1-6-23-20(24-12-16-9-7-8-10-18(16)28-19(21)22)25-13(2)11-17-14(3)26-27(5)15(17)4/h7-10,13,19H,6,11-12H2,1-5H3,(H2,23,24,25). The highest BCUT2D eigenvalue weighted by molar-refractivity contribution is 5.80. The summed E-state index contributed by atoms with van der Waals surface area (Å²) >= 11 is 0. The summed E-state index contributed by atoms with van der Waals surface area (Å²) < 4.78 is 31.6. The molecule has 2 N–H and O–H groups in total. The van der Waals surface area contributed by atoms with Gasteiger partial charge in [0.25, 0.3) is 0 Å². The van der Waals surface area contributed by atoms with Gasteiger partial charge in [-0.3, -0.25) is 4.68 Å². The Bertz CT molecular complexity index is 804. The number of hydrogen-bond acceptors (Lipinski definition) is 3. The van der Waals surface area contributed by atoms with Gasteiger partial charge in [-0.2, -0.15) is 13.9 Å². The molecule has 8 heteroatoms. The van der Waals surface area contributed by atoms with Crippen molar-refractivity contribution in [1.29, 1.82) is 0 Å². The van der Waals surface area contributed by atoms with Crippen molar-refractivity contribution >= 4 is 5.96 Å². The molecule has 1 unspecified atom stereocenters. The highest BCUT2D eigenvalue weighted by atomic mass is 19.3. The number of aliphatic imine (C=N–C) groups is 1. The van der Waals surface area contributed by atoms with E-state index in [0.29, 0.717) is 18.1 Å². The normalized spacial score (nSPS) is 12.9. The zero-order valence-corrected chi connectivity index (χ0v) is 17.1. The maximum atomic E-state index is 12.6. The van der Waals surface area contributed by atoms with E-state index in [1.807, 2.05) is 25.6 Å². The third-order valence-electron chi connectivity index (χ3n) is 4.49. The Morgan fingerprint density at radius 1 is 1.29 bits per heavy atom. The quantitative estimate of drug-likeness (QED) is 0.533. The maximum Gasteiger partial charge on any atom is 0.387 e. The van der Waals surface area contributed by atoms with E-state index in [1.54, 1.807) is 18.2 Å². The first-order chi connectivity index (χ1) is 13.3. The van der Waals surface area contributed by atoms with Crippen molar-refractivity contribution in [3.05, 3.63) is 46.8 Å². The molecule has 28 heavy (non-hydrogen) atoms. The number of halogens is 2.